The van der Waals surface area contributed by atoms with Gasteiger partial charge in [0, 0.05) is 0 Å². The first-order valence-corrected chi connectivity index (χ1v) is 3.65. The van der Waals surface area contributed by atoms with Crippen molar-refractivity contribution in [1.82, 2.24) is 0 Å². The van der Waals surface area contributed by atoms with E-state index in [1.165, 1.54) is 6.42 Å². The molecule has 1 unspecified atom stereocenters. The Morgan fingerprint density at radius 3 is 2.57 bits per heavy atom. The second-order valence-corrected chi connectivity index (χ2v) is 2.84. The van der Waals surface area contributed by atoms with Gasteiger partial charge in [-0.25, -0.2) is 0 Å². The number of hydrogen-bond donors (Lipinski definition) is 0. The third-order valence-electron chi connectivity index (χ3n) is 0.725. The van der Waals surface area contributed by atoms with Crippen LogP contribution in [-0.4, -0.2) is 10.8 Å². The van der Waals surface area contributed by atoms with Gasteiger partial charge in [-0.05, 0) is 13.1 Å². The molecule has 0 bridgehead atoms. The molecular weight excluding hydrogens is 201 g/mol. The second kappa shape index (κ2) is 4.56. The van der Waals surface area contributed by atoms with E-state index in [2.05, 4.69) is 41.2 Å². The zero-order chi connectivity index (χ0) is 5.70. The predicted octanol–water partition coefficient (Wildman–Crippen LogP) is 2.25. The van der Waals surface area contributed by atoms with E-state index >= 15 is 0 Å². The molecule has 0 heterocycles. The molecule has 0 spiro atoms. The molecule has 0 N–H and O–H groups in total. The van der Waals surface area contributed by atoms with Crippen LogP contribution in [0, 0.1) is 0 Å². The number of hydrogen-bond acceptors (Lipinski definition) is 1. The van der Waals surface area contributed by atoms with Crippen molar-refractivity contribution in [3.05, 3.63) is 0 Å². The Labute approximate surface area is 58.4 Å². The third-order valence-corrected chi connectivity index (χ3v) is 1.74. The Balaban J connectivity index is 2.98. The maximum Gasteiger partial charge on any atom is 0.100 e. The first-order valence-electron chi connectivity index (χ1n) is 2.41. The van der Waals surface area contributed by atoms with E-state index in [-0.39, 0.29) is 0 Å². The monoisotopic (exact) mass is 211 g/mol. The molecule has 0 saturated heterocycles. The van der Waals surface area contributed by atoms with Crippen molar-refractivity contribution in [1.29, 1.82) is 0 Å². The number of rotatable bonds is 3. The number of aliphatic imine (C=N–C) groups is 1. The second-order valence-electron chi connectivity index (χ2n) is 1.41. The number of halogens is 1. The number of alkyl halides is 1. The molecule has 1 nitrogen and oxygen atoms in total. The highest BCUT2D eigenvalue weighted by Crippen LogP contribution is 2.07. The van der Waals surface area contributed by atoms with Crippen LogP contribution in [0.3, 0.4) is 0 Å². The van der Waals surface area contributed by atoms with E-state index in [0.717, 1.165) is 6.42 Å². The van der Waals surface area contributed by atoms with Gasteiger partial charge in [0.15, 0.2) is 0 Å². The van der Waals surface area contributed by atoms with Crippen molar-refractivity contribution < 1.29 is 0 Å². The minimum Gasteiger partial charge on any atom is -0.287 e. The molecule has 0 fully saturated rings. The maximum atomic E-state index is 3.81. The van der Waals surface area contributed by atoms with Gasteiger partial charge < -0.3 is 0 Å². The van der Waals surface area contributed by atoms with E-state index < -0.39 is 0 Å². The molecule has 0 amide bonds. The summed E-state index contributed by atoms with van der Waals surface area (Å²) in [5.41, 5.74) is 0. The van der Waals surface area contributed by atoms with Crippen molar-refractivity contribution in [2.24, 2.45) is 4.99 Å². The van der Waals surface area contributed by atoms with Gasteiger partial charge in [-0.15, -0.1) is 0 Å². The maximum absolute atomic E-state index is 3.81. The molecule has 0 radical (unpaired) electrons. The lowest BCUT2D eigenvalue weighted by atomic mass is 10.3. The molecule has 7 heavy (non-hydrogen) atoms. The fourth-order valence-electron chi connectivity index (χ4n) is 0.329. The predicted molar refractivity (Wildman–Crippen MR) is 42.3 cm³/mol. The molecule has 2 heteroatoms. The minimum absolute atomic E-state index is 0.433. The van der Waals surface area contributed by atoms with Crippen LogP contribution in [0.1, 0.15) is 19.8 Å². The summed E-state index contributed by atoms with van der Waals surface area (Å²) in [4.78, 5) is 3.81. The smallest absolute Gasteiger partial charge is 0.100 e. The average Bonchev–Trinajstić information content (AvgIpc) is 1.68. The molecule has 0 aromatic heterocycles. The van der Waals surface area contributed by atoms with Gasteiger partial charge in [-0.3, -0.25) is 4.99 Å². The molecule has 0 aliphatic rings. The highest BCUT2D eigenvalue weighted by Gasteiger charge is 1.92. The van der Waals surface area contributed by atoms with Gasteiger partial charge in [0.2, 0.25) is 0 Å². The lowest BCUT2D eigenvalue weighted by Gasteiger charge is -1.96. The molecule has 42 valence electrons. The van der Waals surface area contributed by atoms with E-state index in [9.17, 15) is 0 Å². The molecule has 0 aliphatic carbocycles. The summed E-state index contributed by atoms with van der Waals surface area (Å²) < 4.78 is 0.433. The van der Waals surface area contributed by atoms with Crippen LogP contribution < -0.4 is 0 Å². The van der Waals surface area contributed by atoms with E-state index in [1.807, 2.05) is 0 Å². The summed E-state index contributed by atoms with van der Waals surface area (Å²) in [6, 6.07) is 0. The summed E-state index contributed by atoms with van der Waals surface area (Å²) in [5.74, 6) is 0. The highest BCUT2D eigenvalue weighted by atomic mass is 127. The summed E-state index contributed by atoms with van der Waals surface area (Å²) >= 11 is 2.28. The van der Waals surface area contributed by atoms with Crippen LogP contribution in [0.4, 0.5) is 0 Å². The van der Waals surface area contributed by atoms with Crippen molar-refractivity contribution in [3.8, 4) is 0 Å². The standard InChI is InChI=1S/C5H10IN/c1-3-4-5(6)7-2/h5H,2-4H2,1H3. The highest BCUT2D eigenvalue weighted by molar-refractivity contribution is 14.1. The van der Waals surface area contributed by atoms with Crippen LogP contribution in [0.5, 0.6) is 0 Å². The van der Waals surface area contributed by atoms with Crippen LogP contribution in [0.25, 0.3) is 0 Å². The lowest BCUT2D eigenvalue weighted by molar-refractivity contribution is 0.791. The molecular formula is C5H10IN. The van der Waals surface area contributed by atoms with Gasteiger partial charge in [0.05, 0.1) is 0 Å². The lowest BCUT2D eigenvalue weighted by Crippen LogP contribution is -1.87. The summed E-state index contributed by atoms with van der Waals surface area (Å²) in [5, 5.41) is 0. The fourth-order valence-corrected chi connectivity index (χ4v) is 0.952. The number of nitrogens with zero attached hydrogens (tertiary/aromatic N) is 1. The molecule has 0 rings (SSSR count). The fraction of sp³-hybridized carbons (Fsp3) is 0.800. The van der Waals surface area contributed by atoms with Gasteiger partial charge in [0.25, 0.3) is 0 Å². The first-order chi connectivity index (χ1) is 3.31. The quantitative estimate of drug-likeness (QED) is 0.294. The molecule has 0 saturated carbocycles. The summed E-state index contributed by atoms with van der Waals surface area (Å²) in [6.45, 7) is 5.57. The molecule has 0 aliphatic heterocycles. The van der Waals surface area contributed by atoms with E-state index in [4.69, 9.17) is 0 Å². The van der Waals surface area contributed by atoms with E-state index in [1.54, 1.807) is 0 Å². The van der Waals surface area contributed by atoms with E-state index in [0.29, 0.717) is 4.05 Å². The Kier molecular flexibility index (Phi) is 4.82. The molecule has 0 aromatic rings. The van der Waals surface area contributed by atoms with Gasteiger partial charge in [-0.2, -0.15) is 0 Å². The van der Waals surface area contributed by atoms with Crippen molar-refractivity contribution >= 4 is 29.3 Å². The van der Waals surface area contributed by atoms with Gasteiger partial charge in [0.1, 0.15) is 4.05 Å². The van der Waals surface area contributed by atoms with Crippen molar-refractivity contribution in [2.45, 2.75) is 23.8 Å². The first kappa shape index (κ1) is 7.40. The summed E-state index contributed by atoms with van der Waals surface area (Å²) in [7, 11) is 0. The Morgan fingerprint density at radius 2 is 2.43 bits per heavy atom. The third kappa shape index (κ3) is 4.25. The zero-order valence-corrected chi connectivity index (χ0v) is 6.68. The Hall–Kier alpha value is 0.400. The molecule has 0 aromatic carbocycles. The SMILES string of the molecule is C=NC(I)CCC. The average molecular weight is 211 g/mol. The Bertz CT molecular complexity index is 54.0. The minimum atomic E-state index is 0.433. The van der Waals surface area contributed by atoms with Crippen LogP contribution in [0.2, 0.25) is 0 Å². The topological polar surface area (TPSA) is 12.4 Å². The van der Waals surface area contributed by atoms with Gasteiger partial charge >= 0.3 is 0 Å². The normalized spacial score (nSPS) is 13.4. The largest absolute Gasteiger partial charge is 0.287 e. The van der Waals surface area contributed by atoms with Crippen LogP contribution in [0.15, 0.2) is 4.99 Å². The van der Waals surface area contributed by atoms with Crippen molar-refractivity contribution in [2.75, 3.05) is 0 Å². The van der Waals surface area contributed by atoms with Gasteiger partial charge in [-0.1, -0.05) is 35.9 Å². The van der Waals surface area contributed by atoms with Crippen LogP contribution >= 0.6 is 22.6 Å². The zero-order valence-electron chi connectivity index (χ0n) is 4.52. The Morgan fingerprint density at radius 1 is 1.86 bits per heavy atom. The molecule has 1 atom stereocenters. The summed E-state index contributed by atoms with van der Waals surface area (Å²) in [6.07, 6.45) is 2.36. The van der Waals surface area contributed by atoms with Crippen molar-refractivity contribution in [3.63, 3.8) is 0 Å². The van der Waals surface area contributed by atoms with Crippen LogP contribution in [-0.2, 0) is 0 Å².